The van der Waals surface area contributed by atoms with E-state index < -0.39 is 12.1 Å². The zero-order valence-corrected chi connectivity index (χ0v) is 56.2. The van der Waals surface area contributed by atoms with Crippen LogP contribution in [0.15, 0.2) is 36.5 Å². The van der Waals surface area contributed by atoms with Crippen LogP contribution < -0.4 is 5.32 Å². The summed E-state index contributed by atoms with van der Waals surface area (Å²) in [5.74, 6) is -0.0533. The molecule has 0 saturated heterocycles. The van der Waals surface area contributed by atoms with Gasteiger partial charge in [-0.15, -0.1) is 0 Å². The molecule has 83 heavy (non-hydrogen) atoms. The molecule has 6 heteroatoms. The molecule has 3 N–H and O–H groups in total. The van der Waals surface area contributed by atoms with E-state index >= 15 is 0 Å². The SMILES string of the molecule is CCC/C=C\C/C=C\CCCCCCCC(=O)OCCCCCCCCCCCCCCCCCCCCCCCCCCCCCCCCCCC(=O)NC(CO)C(O)/C=C/CCCCCCCCCCCCCCCCCCCCC. The molecule has 0 aromatic rings. The first kappa shape index (κ1) is 81.1. The molecule has 0 spiro atoms. The van der Waals surface area contributed by atoms with Crippen LogP contribution in [0.3, 0.4) is 0 Å². The van der Waals surface area contributed by atoms with E-state index in [0.717, 1.165) is 51.4 Å². The summed E-state index contributed by atoms with van der Waals surface area (Å²) in [4.78, 5) is 24.6. The molecule has 0 bridgehead atoms. The van der Waals surface area contributed by atoms with Crippen LogP contribution in [0.4, 0.5) is 0 Å². The first-order valence-electron chi connectivity index (χ1n) is 37.8. The van der Waals surface area contributed by atoms with Gasteiger partial charge in [0.05, 0.1) is 25.4 Å². The number of aliphatic hydroxyl groups excluding tert-OH is 2. The van der Waals surface area contributed by atoms with Crippen molar-refractivity contribution in [3.8, 4) is 0 Å². The van der Waals surface area contributed by atoms with Gasteiger partial charge in [-0.05, 0) is 57.8 Å². The topological polar surface area (TPSA) is 95.9 Å². The molecule has 0 aromatic carbocycles. The van der Waals surface area contributed by atoms with Crippen LogP contribution in [0.2, 0.25) is 0 Å². The number of unbranched alkanes of at least 4 members (excludes halogenated alkanes) is 56. The fraction of sp³-hybridized carbons (Fsp3) is 0.896. The summed E-state index contributed by atoms with van der Waals surface area (Å²) in [5.41, 5.74) is 0. The molecule has 6 nitrogen and oxygen atoms in total. The average molecular weight is 1170 g/mol. The largest absolute Gasteiger partial charge is 0.466 e. The van der Waals surface area contributed by atoms with Crippen molar-refractivity contribution in [3.05, 3.63) is 36.5 Å². The Morgan fingerprint density at radius 1 is 0.337 bits per heavy atom. The zero-order valence-electron chi connectivity index (χ0n) is 56.2. The van der Waals surface area contributed by atoms with Crippen molar-refractivity contribution in [3.63, 3.8) is 0 Å². The van der Waals surface area contributed by atoms with Gasteiger partial charge in [-0.2, -0.15) is 0 Å². The number of carbonyl (C=O) groups is 2. The van der Waals surface area contributed by atoms with Crippen molar-refractivity contribution < 1.29 is 24.5 Å². The van der Waals surface area contributed by atoms with Crippen LogP contribution in [0.25, 0.3) is 0 Å². The number of hydrogen-bond acceptors (Lipinski definition) is 5. The van der Waals surface area contributed by atoms with Gasteiger partial charge in [0, 0.05) is 12.8 Å². The maximum absolute atomic E-state index is 12.5. The molecule has 0 heterocycles. The molecule has 0 fully saturated rings. The lowest BCUT2D eigenvalue weighted by Crippen LogP contribution is -2.45. The second-order valence-electron chi connectivity index (χ2n) is 26.0. The molecule has 0 aliphatic heterocycles. The van der Waals surface area contributed by atoms with Crippen LogP contribution in [0.5, 0.6) is 0 Å². The smallest absolute Gasteiger partial charge is 0.305 e. The quantitative estimate of drug-likeness (QED) is 0.0320. The number of esters is 1. The second kappa shape index (κ2) is 72.6. The number of aliphatic hydroxyl groups is 2. The van der Waals surface area contributed by atoms with Gasteiger partial charge in [0.2, 0.25) is 5.91 Å². The van der Waals surface area contributed by atoms with E-state index in [4.69, 9.17) is 4.74 Å². The molecule has 2 unspecified atom stereocenters. The van der Waals surface area contributed by atoms with Crippen LogP contribution in [0, 0.1) is 0 Å². The van der Waals surface area contributed by atoms with E-state index in [1.165, 1.54) is 340 Å². The standard InChI is InChI=1S/C77H147NO5/c1-3-5-7-9-11-13-15-17-18-19-20-33-36-39-42-46-49-53-57-61-65-69-75(80)74(73-79)78-76(81)70-66-62-58-54-50-47-43-40-37-34-31-29-27-25-23-21-22-24-26-28-30-32-35-38-41-44-48-52-56-60-64-68-72-83-77(82)71-67-63-59-55-51-45-16-14-12-10-8-6-4-2/h8,10,14,16,65,69,74-75,79-80H,3-7,9,11-13,15,17-64,66-68,70-73H2,1-2H3,(H,78,81)/b10-8-,16-14-,69-65+. The molecule has 1 amide bonds. The summed E-state index contributed by atoms with van der Waals surface area (Å²) in [7, 11) is 0. The predicted molar refractivity (Wildman–Crippen MR) is 366 cm³/mol. The lowest BCUT2D eigenvalue weighted by Gasteiger charge is -2.20. The van der Waals surface area contributed by atoms with Crippen LogP contribution in [-0.4, -0.2) is 47.4 Å². The summed E-state index contributed by atoms with van der Waals surface area (Å²) >= 11 is 0. The van der Waals surface area contributed by atoms with Gasteiger partial charge in [0.1, 0.15) is 0 Å². The molecule has 0 saturated carbocycles. The highest BCUT2D eigenvalue weighted by atomic mass is 16.5. The Hall–Kier alpha value is -1.92. The maximum atomic E-state index is 12.5. The molecule has 2 atom stereocenters. The Kier molecular flexibility index (Phi) is 70.9. The molecular formula is C77H147NO5. The van der Waals surface area contributed by atoms with Crippen molar-refractivity contribution in [1.82, 2.24) is 5.32 Å². The van der Waals surface area contributed by atoms with Crippen molar-refractivity contribution in [2.75, 3.05) is 13.2 Å². The fourth-order valence-electron chi connectivity index (χ4n) is 11.9. The third kappa shape index (κ3) is 69.1. The summed E-state index contributed by atoms with van der Waals surface area (Å²) in [6, 6.07) is -0.625. The van der Waals surface area contributed by atoms with Crippen molar-refractivity contribution in [1.29, 1.82) is 0 Å². The van der Waals surface area contributed by atoms with Crippen molar-refractivity contribution in [2.24, 2.45) is 0 Å². The molecule has 0 aliphatic rings. The van der Waals surface area contributed by atoms with Gasteiger partial charge < -0.3 is 20.3 Å². The first-order chi connectivity index (χ1) is 41.0. The third-order valence-electron chi connectivity index (χ3n) is 17.6. The Morgan fingerprint density at radius 2 is 0.627 bits per heavy atom. The number of hydrogen-bond donors (Lipinski definition) is 3. The average Bonchev–Trinajstić information content (AvgIpc) is 3.49. The molecule has 0 aromatic heterocycles. The molecule has 490 valence electrons. The van der Waals surface area contributed by atoms with E-state index in [9.17, 15) is 19.8 Å². The van der Waals surface area contributed by atoms with E-state index in [2.05, 4.69) is 43.5 Å². The summed E-state index contributed by atoms with van der Waals surface area (Å²) in [5, 5.41) is 23.3. The molecule has 0 rings (SSSR count). The zero-order chi connectivity index (χ0) is 59.9. The fourth-order valence-corrected chi connectivity index (χ4v) is 11.9. The summed E-state index contributed by atoms with van der Waals surface area (Å²) < 4.78 is 5.48. The van der Waals surface area contributed by atoms with Crippen LogP contribution in [-0.2, 0) is 14.3 Å². The van der Waals surface area contributed by atoms with Crippen LogP contribution in [0.1, 0.15) is 418 Å². The number of amides is 1. The molecule has 0 radical (unpaired) electrons. The highest BCUT2D eigenvalue weighted by Crippen LogP contribution is 2.19. The van der Waals surface area contributed by atoms with Gasteiger partial charge >= 0.3 is 5.97 Å². The Labute approximate surface area is 519 Å². The van der Waals surface area contributed by atoms with E-state index in [1.54, 1.807) is 6.08 Å². The van der Waals surface area contributed by atoms with Gasteiger partial charge in [0.15, 0.2) is 0 Å². The van der Waals surface area contributed by atoms with Crippen LogP contribution >= 0.6 is 0 Å². The van der Waals surface area contributed by atoms with Gasteiger partial charge in [-0.3, -0.25) is 9.59 Å². The van der Waals surface area contributed by atoms with Crippen molar-refractivity contribution >= 4 is 11.9 Å². The second-order valence-corrected chi connectivity index (χ2v) is 26.0. The third-order valence-corrected chi connectivity index (χ3v) is 17.6. The normalized spacial score (nSPS) is 12.7. The van der Waals surface area contributed by atoms with E-state index in [-0.39, 0.29) is 18.5 Å². The lowest BCUT2D eigenvalue weighted by molar-refractivity contribution is -0.143. The number of rotatable bonds is 71. The number of nitrogens with one attached hydrogen (secondary N) is 1. The maximum Gasteiger partial charge on any atom is 0.305 e. The monoisotopic (exact) mass is 1170 g/mol. The molecular weight excluding hydrogens is 1020 g/mol. The number of allylic oxidation sites excluding steroid dienone is 5. The predicted octanol–water partition coefficient (Wildman–Crippen LogP) is 24.7. The van der Waals surface area contributed by atoms with Crippen molar-refractivity contribution in [2.45, 2.75) is 431 Å². The number of ether oxygens (including phenoxy) is 1. The minimum Gasteiger partial charge on any atom is -0.466 e. The van der Waals surface area contributed by atoms with Gasteiger partial charge in [-0.1, -0.05) is 384 Å². The molecule has 0 aliphatic carbocycles. The van der Waals surface area contributed by atoms with E-state index in [1.807, 2.05) is 6.08 Å². The minimum atomic E-state index is -0.842. The Morgan fingerprint density at radius 3 is 0.964 bits per heavy atom. The van der Waals surface area contributed by atoms with Gasteiger partial charge in [0.25, 0.3) is 0 Å². The van der Waals surface area contributed by atoms with E-state index in [0.29, 0.717) is 19.4 Å². The Bertz CT molecular complexity index is 1340. The van der Waals surface area contributed by atoms with Gasteiger partial charge in [-0.25, -0.2) is 0 Å². The summed E-state index contributed by atoms with van der Waals surface area (Å²) in [6.45, 7) is 4.88. The highest BCUT2D eigenvalue weighted by molar-refractivity contribution is 5.76. The first-order valence-corrected chi connectivity index (χ1v) is 37.8. The Balaban J connectivity index is 3.35. The highest BCUT2D eigenvalue weighted by Gasteiger charge is 2.18. The number of carbonyl (C=O) groups excluding carboxylic acids is 2. The minimum absolute atomic E-state index is 0.00598. The summed E-state index contributed by atoms with van der Waals surface area (Å²) in [6.07, 6.45) is 94.0. The lowest BCUT2D eigenvalue weighted by atomic mass is 10.0.